The van der Waals surface area contributed by atoms with Crippen molar-refractivity contribution in [2.75, 3.05) is 6.54 Å². The van der Waals surface area contributed by atoms with Gasteiger partial charge in [-0.15, -0.1) is 12.4 Å². The minimum Gasteiger partial charge on any atom is -0.349 e. The van der Waals surface area contributed by atoms with Crippen LogP contribution in [0, 0.1) is 5.92 Å². The first kappa shape index (κ1) is 14.5. The topological polar surface area (TPSA) is 55.1 Å². The van der Waals surface area contributed by atoms with E-state index >= 15 is 0 Å². The first-order valence-corrected chi connectivity index (χ1v) is 6.78. The molecule has 1 aliphatic carbocycles. The average molecular weight is 275 g/mol. The summed E-state index contributed by atoms with van der Waals surface area (Å²) in [6.07, 6.45) is 4.65. The van der Waals surface area contributed by atoms with E-state index in [1.54, 1.807) is 11.3 Å². The zero-order valence-corrected chi connectivity index (χ0v) is 11.4. The number of halogens is 1. The van der Waals surface area contributed by atoms with Crippen molar-refractivity contribution >= 4 is 29.7 Å². The van der Waals surface area contributed by atoms with Crippen molar-refractivity contribution in [1.82, 2.24) is 5.32 Å². The molecular weight excluding hydrogens is 256 g/mol. The molecule has 17 heavy (non-hydrogen) atoms. The fourth-order valence-electron chi connectivity index (χ4n) is 2.33. The van der Waals surface area contributed by atoms with Crippen LogP contribution >= 0.6 is 23.7 Å². The number of hydrogen-bond acceptors (Lipinski definition) is 3. The van der Waals surface area contributed by atoms with Crippen LogP contribution in [0.3, 0.4) is 0 Å². The maximum absolute atomic E-state index is 11.9. The van der Waals surface area contributed by atoms with Gasteiger partial charge in [0.2, 0.25) is 0 Å². The number of nitrogens with two attached hydrogens (primary N) is 1. The number of carbonyl (C=O) groups is 1. The first-order chi connectivity index (χ1) is 7.81. The predicted molar refractivity (Wildman–Crippen MR) is 73.8 cm³/mol. The van der Waals surface area contributed by atoms with E-state index in [0.717, 1.165) is 18.4 Å². The number of thiophene rings is 1. The molecule has 0 spiro atoms. The summed E-state index contributed by atoms with van der Waals surface area (Å²) < 4.78 is 0. The lowest BCUT2D eigenvalue weighted by Crippen LogP contribution is -2.44. The number of hydrogen-bond donors (Lipinski definition) is 2. The van der Waals surface area contributed by atoms with Gasteiger partial charge in [-0.05, 0) is 36.8 Å². The lowest BCUT2D eigenvalue weighted by atomic mass is 9.84. The maximum atomic E-state index is 11.9. The summed E-state index contributed by atoms with van der Waals surface area (Å²) in [6, 6.07) is 2.13. The van der Waals surface area contributed by atoms with Crippen molar-refractivity contribution in [3.63, 3.8) is 0 Å². The second kappa shape index (κ2) is 6.99. The van der Waals surface area contributed by atoms with Crippen LogP contribution in [0.5, 0.6) is 0 Å². The smallest absolute Gasteiger partial charge is 0.252 e. The Morgan fingerprint density at radius 1 is 1.47 bits per heavy atom. The van der Waals surface area contributed by atoms with Crippen LogP contribution in [-0.2, 0) is 0 Å². The molecule has 5 heteroatoms. The number of nitrogens with one attached hydrogen (secondary N) is 1. The molecule has 2 atom stereocenters. The van der Waals surface area contributed by atoms with Gasteiger partial charge in [0, 0.05) is 17.0 Å². The summed E-state index contributed by atoms with van der Waals surface area (Å²) >= 11 is 1.55. The third-order valence-corrected chi connectivity index (χ3v) is 3.99. The third-order valence-electron chi connectivity index (χ3n) is 3.31. The van der Waals surface area contributed by atoms with Crippen LogP contribution in [0.1, 0.15) is 36.0 Å². The van der Waals surface area contributed by atoms with Gasteiger partial charge >= 0.3 is 0 Å². The van der Waals surface area contributed by atoms with Gasteiger partial charge in [0.05, 0.1) is 0 Å². The third kappa shape index (κ3) is 3.69. The molecule has 0 aliphatic heterocycles. The van der Waals surface area contributed by atoms with Gasteiger partial charge in [-0.2, -0.15) is 11.3 Å². The van der Waals surface area contributed by atoms with Crippen LogP contribution in [0.4, 0.5) is 0 Å². The highest BCUT2D eigenvalue weighted by Crippen LogP contribution is 2.23. The molecule has 1 heterocycles. The highest BCUT2D eigenvalue weighted by Gasteiger charge is 2.25. The zero-order chi connectivity index (χ0) is 11.4. The van der Waals surface area contributed by atoms with Crippen molar-refractivity contribution in [2.45, 2.75) is 31.7 Å². The van der Waals surface area contributed by atoms with Crippen LogP contribution in [0.2, 0.25) is 0 Å². The number of rotatable bonds is 3. The fraction of sp³-hybridized carbons (Fsp3) is 0.583. The first-order valence-electron chi connectivity index (χ1n) is 5.84. The van der Waals surface area contributed by atoms with E-state index < -0.39 is 0 Å². The fourth-order valence-corrected chi connectivity index (χ4v) is 2.96. The highest BCUT2D eigenvalue weighted by atomic mass is 35.5. The predicted octanol–water partition coefficient (Wildman–Crippen LogP) is 2.42. The van der Waals surface area contributed by atoms with E-state index in [1.165, 1.54) is 12.8 Å². The molecule has 1 aliphatic rings. The molecule has 0 saturated heterocycles. The molecule has 0 bridgehead atoms. The van der Waals surface area contributed by atoms with Gasteiger partial charge in [0.25, 0.3) is 5.91 Å². The minimum atomic E-state index is 0. The summed E-state index contributed by atoms with van der Waals surface area (Å²) in [5.74, 6) is 0.503. The van der Waals surface area contributed by atoms with E-state index in [-0.39, 0.29) is 24.4 Å². The maximum Gasteiger partial charge on any atom is 0.252 e. The van der Waals surface area contributed by atoms with Gasteiger partial charge in [0.15, 0.2) is 0 Å². The van der Waals surface area contributed by atoms with E-state index in [0.29, 0.717) is 12.5 Å². The van der Waals surface area contributed by atoms with Crippen molar-refractivity contribution in [3.05, 3.63) is 22.4 Å². The Labute approximate surface area is 112 Å². The summed E-state index contributed by atoms with van der Waals surface area (Å²) in [6.45, 7) is 0.675. The molecule has 0 aromatic carbocycles. The summed E-state index contributed by atoms with van der Waals surface area (Å²) in [5.41, 5.74) is 6.51. The van der Waals surface area contributed by atoms with Crippen LogP contribution in [0.25, 0.3) is 0 Å². The standard InChI is InChI=1S/C12H18N2OS.ClH/c13-7-9-3-1-2-4-11(9)14-12(15)10-5-6-16-8-10;/h5-6,8-9,11H,1-4,7,13H2,(H,14,15);1H. The van der Waals surface area contributed by atoms with E-state index in [1.807, 2.05) is 16.8 Å². The Hall–Kier alpha value is -0.580. The quantitative estimate of drug-likeness (QED) is 0.889. The van der Waals surface area contributed by atoms with Crippen molar-refractivity contribution in [3.8, 4) is 0 Å². The highest BCUT2D eigenvalue weighted by molar-refractivity contribution is 7.08. The molecule has 1 fully saturated rings. The Balaban J connectivity index is 0.00000144. The summed E-state index contributed by atoms with van der Waals surface area (Å²) in [4.78, 5) is 11.9. The van der Waals surface area contributed by atoms with Gasteiger partial charge in [-0.25, -0.2) is 0 Å². The molecule has 96 valence electrons. The lowest BCUT2D eigenvalue weighted by Gasteiger charge is -2.31. The Morgan fingerprint density at radius 2 is 2.24 bits per heavy atom. The van der Waals surface area contributed by atoms with Gasteiger partial charge < -0.3 is 11.1 Å². The monoisotopic (exact) mass is 274 g/mol. The van der Waals surface area contributed by atoms with Gasteiger partial charge in [-0.1, -0.05) is 12.8 Å². The van der Waals surface area contributed by atoms with Crippen molar-refractivity contribution in [2.24, 2.45) is 11.7 Å². The molecule has 1 aromatic heterocycles. The summed E-state index contributed by atoms with van der Waals surface area (Å²) in [5, 5.41) is 6.92. The summed E-state index contributed by atoms with van der Waals surface area (Å²) in [7, 11) is 0. The zero-order valence-electron chi connectivity index (χ0n) is 9.72. The normalized spacial score (nSPS) is 23.8. The second-order valence-corrected chi connectivity index (χ2v) is 5.15. The number of amides is 1. The molecule has 1 amide bonds. The van der Waals surface area contributed by atoms with E-state index in [9.17, 15) is 4.79 Å². The Morgan fingerprint density at radius 3 is 2.88 bits per heavy atom. The molecule has 3 nitrogen and oxygen atoms in total. The number of carbonyl (C=O) groups excluding carboxylic acids is 1. The Kier molecular flexibility index (Phi) is 5.95. The van der Waals surface area contributed by atoms with Crippen LogP contribution in [0.15, 0.2) is 16.8 Å². The van der Waals surface area contributed by atoms with Crippen LogP contribution in [-0.4, -0.2) is 18.5 Å². The van der Waals surface area contributed by atoms with E-state index in [2.05, 4.69) is 5.32 Å². The molecule has 0 radical (unpaired) electrons. The SMILES string of the molecule is Cl.NCC1CCCCC1NC(=O)c1ccsc1. The molecular formula is C12H19ClN2OS. The minimum absolute atomic E-state index is 0. The lowest BCUT2D eigenvalue weighted by molar-refractivity contribution is 0.0908. The molecule has 2 rings (SSSR count). The largest absolute Gasteiger partial charge is 0.349 e. The molecule has 2 unspecified atom stereocenters. The average Bonchev–Trinajstić information content (AvgIpc) is 2.83. The molecule has 3 N–H and O–H groups in total. The molecule has 1 aromatic rings. The Bertz CT molecular complexity index is 342. The van der Waals surface area contributed by atoms with Crippen molar-refractivity contribution in [1.29, 1.82) is 0 Å². The van der Waals surface area contributed by atoms with Crippen LogP contribution < -0.4 is 11.1 Å². The molecule has 1 saturated carbocycles. The second-order valence-electron chi connectivity index (χ2n) is 4.37. The van der Waals surface area contributed by atoms with Gasteiger partial charge in [-0.3, -0.25) is 4.79 Å². The van der Waals surface area contributed by atoms with Gasteiger partial charge in [0.1, 0.15) is 0 Å². The van der Waals surface area contributed by atoms with E-state index in [4.69, 9.17) is 5.73 Å². The van der Waals surface area contributed by atoms with Crippen molar-refractivity contribution < 1.29 is 4.79 Å².